The Balaban J connectivity index is 2.23. The Kier molecular flexibility index (Phi) is 8.54. The van der Waals surface area contributed by atoms with Crippen molar-refractivity contribution in [2.75, 3.05) is 11.5 Å². The molecule has 2 rings (SSSR count). The molecule has 0 saturated carbocycles. The molecule has 1 atom stereocenters. The second-order valence-corrected chi connectivity index (χ2v) is 9.61. The van der Waals surface area contributed by atoms with Crippen molar-refractivity contribution < 1.29 is 0 Å². The van der Waals surface area contributed by atoms with Gasteiger partial charge in [-0.1, -0.05) is 69.7 Å². The number of rotatable bonds is 7. The average molecular weight is 370 g/mol. The summed E-state index contributed by atoms with van der Waals surface area (Å²) >= 11 is 2.13. The molecule has 0 N–H and O–H groups in total. The number of unbranched alkanes of at least 4 members (excludes halogenated alkanes) is 1. The van der Waals surface area contributed by atoms with E-state index in [1.165, 1.54) is 41.0 Å². The molecular weight excluding hydrogens is 332 g/mol. The van der Waals surface area contributed by atoms with Gasteiger partial charge in [0.25, 0.3) is 0 Å². The predicted octanol–water partition coefficient (Wildman–Crippen LogP) is 7.33. The van der Waals surface area contributed by atoms with Crippen LogP contribution >= 0.6 is 11.8 Å². The van der Waals surface area contributed by atoms with E-state index in [4.69, 9.17) is 0 Å². The van der Waals surface area contributed by atoms with Gasteiger partial charge in [0.15, 0.2) is 0 Å². The first-order valence-electron chi connectivity index (χ1n) is 10.3. The lowest BCUT2D eigenvalue weighted by Crippen LogP contribution is -2.16. The number of allylic oxidation sites excluding steroid dienone is 4. The van der Waals surface area contributed by atoms with Crippen LogP contribution in [0.15, 0.2) is 42.0 Å². The topological polar surface area (TPSA) is 0 Å². The molecule has 1 aliphatic heterocycles. The molecule has 0 aliphatic carbocycles. The van der Waals surface area contributed by atoms with Gasteiger partial charge in [0.1, 0.15) is 0 Å². The molecule has 1 aromatic carbocycles. The number of thioether (sulfide) groups is 1. The van der Waals surface area contributed by atoms with Gasteiger partial charge in [0, 0.05) is 0 Å². The molecule has 1 aromatic rings. The zero-order valence-electron chi connectivity index (χ0n) is 17.5. The molecule has 1 aliphatic rings. The van der Waals surface area contributed by atoms with E-state index in [2.05, 4.69) is 89.2 Å². The van der Waals surface area contributed by atoms with Crippen LogP contribution in [0.3, 0.4) is 0 Å². The fraction of sp³-hybridized carbons (Fsp3) is 0.560. The van der Waals surface area contributed by atoms with Gasteiger partial charge in [-0.3, -0.25) is 0 Å². The average Bonchev–Trinajstić information content (AvgIpc) is 2.64. The van der Waals surface area contributed by atoms with E-state index in [1.807, 2.05) is 0 Å². The first-order chi connectivity index (χ1) is 12.5. The molecule has 1 radical (unpaired) electrons. The van der Waals surface area contributed by atoms with Crippen LogP contribution in [0.1, 0.15) is 70.6 Å². The minimum atomic E-state index is 0.224. The Morgan fingerprint density at radius 3 is 2.65 bits per heavy atom. The summed E-state index contributed by atoms with van der Waals surface area (Å²) in [4.78, 5) is 0. The maximum absolute atomic E-state index is 2.45. The fourth-order valence-corrected chi connectivity index (χ4v) is 4.82. The summed E-state index contributed by atoms with van der Waals surface area (Å²) in [5, 5.41) is 0. The number of hydrogen-bond acceptors (Lipinski definition) is 1. The minimum absolute atomic E-state index is 0.224. The van der Waals surface area contributed by atoms with Crippen molar-refractivity contribution in [1.82, 2.24) is 0 Å². The molecule has 0 amide bonds. The second-order valence-electron chi connectivity index (χ2n) is 8.46. The molecule has 1 heterocycles. The molecule has 1 fully saturated rings. The lowest BCUT2D eigenvalue weighted by molar-refractivity contribution is 0.582. The minimum Gasteiger partial charge on any atom is -0.161 e. The third kappa shape index (κ3) is 6.34. The van der Waals surface area contributed by atoms with Crippen molar-refractivity contribution in [1.29, 1.82) is 0 Å². The Morgan fingerprint density at radius 1 is 1.23 bits per heavy atom. The summed E-state index contributed by atoms with van der Waals surface area (Å²) in [5.41, 5.74) is 6.37. The maximum Gasteiger partial charge on any atom is -0.000166 e. The van der Waals surface area contributed by atoms with Crippen LogP contribution in [0.25, 0.3) is 0 Å². The van der Waals surface area contributed by atoms with Gasteiger partial charge in [0.2, 0.25) is 0 Å². The van der Waals surface area contributed by atoms with Crippen LogP contribution in [0.2, 0.25) is 0 Å². The van der Waals surface area contributed by atoms with Crippen LogP contribution in [-0.2, 0) is 18.3 Å². The highest BCUT2D eigenvalue weighted by Crippen LogP contribution is 2.32. The molecule has 26 heavy (non-hydrogen) atoms. The summed E-state index contributed by atoms with van der Waals surface area (Å²) in [7, 11) is 0. The van der Waals surface area contributed by atoms with E-state index < -0.39 is 0 Å². The molecule has 0 nitrogen and oxygen atoms in total. The third-order valence-corrected chi connectivity index (χ3v) is 6.59. The highest BCUT2D eigenvalue weighted by Gasteiger charge is 2.20. The van der Waals surface area contributed by atoms with Crippen LogP contribution in [-0.4, -0.2) is 11.5 Å². The van der Waals surface area contributed by atoms with E-state index in [9.17, 15) is 0 Å². The van der Waals surface area contributed by atoms with Crippen molar-refractivity contribution >= 4 is 11.8 Å². The van der Waals surface area contributed by atoms with Crippen molar-refractivity contribution in [2.24, 2.45) is 5.92 Å². The molecule has 0 spiro atoms. The zero-order valence-corrected chi connectivity index (χ0v) is 18.3. The van der Waals surface area contributed by atoms with Gasteiger partial charge in [-0.25, -0.2) is 0 Å². The predicted molar refractivity (Wildman–Crippen MR) is 120 cm³/mol. The van der Waals surface area contributed by atoms with Crippen LogP contribution in [0.5, 0.6) is 0 Å². The molecular formula is C25H37S. The van der Waals surface area contributed by atoms with Crippen molar-refractivity contribution in [3.05, 3.63) is 65.1 Å². The number of hydrogen-bond donors (Lipinski definition) is 0. The Hall–Kier alpha value is -0.950. The van der Waals surface area contributed by atoms with Crippen molar-refractivity contribution in [2.45, 2.75) is 72.1 Å². The molecule has 0 bridgehead atoms. The first-order valence-corrected chi connectivity index (χ1v) is 11.4. The van der Waals surface area contributed by atoms with Gasteiger partial charge >= 0.3 is 0 Å². The molecule has 1 saturated heterocycles. The molecule has 0 aromatic heterocycles. The maximum atomic E-state index is 2.45. The Bertz CT molecular complexity index is 610. The van der Waals surface area contributed by atoms with E-state index >= 15 is 0 Å². The van der Waals surface area contributed by atoms with Crippen LogP contribution in [0.4, 0.5) is 0 Å². The molecule has 1 unspecified atom stereocenters. The Morgan fingerprint density at radius 2 is 2.04 bits per heavy atom. The monoisotopic (exact) mass is 369 g/mol. The van der Waals surface area contributed by atoms with E-state index in [1.54, 1.807) is 5.57 Å². The van der Waals surface area contributed by atoms with E-state index in [0.717, 1.165) is 25.2 Å². The van der Waals surface area contributed by atoms with E-state index in [-0.39, 0.29) is 5.41 Å². The van der Waals surface area contributed by atoms with Crippen molar-refractivity contribution in [3.8, 4) is 0 Å². The van der Waals surface area contributed by atoms with Crippen molar-refractivity contribution in [3.63, 3.8) is 0 Å². The first kappa shape index (κ1) is 21.4. The largest absolute Gasteiger partial charge is 0.161 e. The lowest BCUT2D eigenvalue weighted by atomic mass is 9.82. The SMILES string of the molecule is CC=CC[CH]C=C(Cc1ccc(C(C)(C)C)cc1CC)C1CCCSC1. The number of benzene rings is 1. The van der Waals surface area contributed by atoms with Gasteiger partial charge in [-0.15, -0.1) is 0 Å². The summed E-state index contributed by atoms with van der Waals surface area (Å²) in [6.45, 7) is 11.3. The normalized spacial score (nSPS) is 19.3. The highest BCUT2D eigenvalue weighted by molar-refractivity contribution is 7.99. The second kappa shape index (κ2) is 10.4. The van der Waals surface area contributed by atoms with E-state index in [0.29, 0.717) is 0 Å². The highest BCUT2D eigenvalue weighted by atomic mass is 32.2. The fourth-order valence-electron chi connectivity index (χ4n) is 3.62. The lowest BCUT2D eigenvalue weighted by Gasteiger charge is -2.26. The summed E-state index contributed by atoms with van der Waals surface area (Å²) in [6, 6.07) is 7.20. The van der Waals surface area contributed by atoms with Crippen LogP contribution in [0, 0.1) is 12.3 Å². The summed E-state index contributed by atoms with van der Waals surface area (Å²) in [6.07, 6.45) is 15.2. The molecule has 143 valence electrons. The van der Waals surface area contributed by atoms with Crippen LogP contribution < -0.4 is 0 Å². The molecule has 1 heteroatoms. The third-order valence-electron chi connectivity index (χ3n) is 5.37. The van der Waals surface area contributed by atoms with Gasteiger partial charge < -0.3 is 0 Å². The summed E-state index contributed by atoms with van der Waals surface area (Å²) < 4.78 is 0. The number of aryl methyl sites for hydroxylation is 1. The van der Waals surface area contributed by atoms with Gasteiger partial charge in [-0.05, 0) is 85.0 Å². The standard InChI is InChI=1S/C25H37S/c1-6-8-9-10-12-21(23-13-11-16-26-19-23)17-22-14-15-24(25(3,4)5)18-20(22)7-2/h6,8,10,12,14-15,18,23H,7,9,11,13,16-17,19H2,1-5H3. The summed E-state index contributed by atoms with van der Waals surface area (Å²) in [5.74, 6) is 3.39. The Labute approximate surface area is 166 Å². The smallest absolute Gasteiger partial charge is 0.000166 e. The zero-order chi connectivity index (χ0) is 19.0. The van der Waals surface area contributed by atoms with Gasteiger partial charge in [0.05, 0.1) is 0 Å². The van der Waals surface area contributed by atoms with Gasteiger partial charge in [-0.2, -0.15) is 11.8 Å². The quantitative estimate of drug-likeness (QED) is 0.358.